The normalized spacial score (nSPS) is 31.3. The zero-order valence-electron chi connectivity index (χ0n) is 12.6. The van der Waals surface area contributed by atoms with E-state index in [-0.39, 0.29) is 18.2 Å². The maximum absolute atomic E-state index is 6.45. The summed E-state index contributed by atoms with van der Waals surface area (Å²) in [6.45, 7) is 6.45. The van der Waals surface area contributed by atoms with Crippen LogP contribution in [0.4, 0.5) is 0 Å². The van der Waals surface area contributed by atoms with Gasteiger partial charge in [0.25, 0.3) is 0 Å². The monoisotopic (exact) mass is 297 g/mol. The van der Waals surface area contributed by atoms with Crippen molar-refractivity contribution in [3.8, 4) is 5.75 Å². The molecule has 0 spiro atoms. The molecule has 0 aliphatic carbocycles. The average Bonchev–Trinajstić information content (AvgIpc) is 2.63. The Morgan fingerprint density at radius 2 is 2.00 bits per heavy atom. The van der Waals surface area contributed by atoms with Crippen LogP contribution in [0.3, 0.4) is 0 Å². The van der Waals surface area contributed by atoms with Gasteiger partial charge in [-0.05, 0) is 49.9 Å². The average molecular weight is 298 g/mol. The Balaban J connectivity index is 2.15. The summed E-state index contributed by atoms with van der Waals surface area (Å²) in [7, 11) is 1.67. The minimum Gasteiger partial charge on any atom is -0.496 e. The fourth-order valence-electron chi connectivity index (χ4n) is 3.33. The van der Waals surface area contributed by atoms with Crippen LogP contribution >= 0.6 is 11.6 Å². The van der Waals surface area contributed by atoms with E-state index in [0.29, 0.717) is 16.9 Å². The van der Waals surface area contributed by atoms with Crippen molar-refractivity contribution < 1.29 is 9.47 Å². The summed E-state index contributed by atoms with van der Waals surface area (Å²) in [5.74, 6) is 1.66. The Labute approximate surface area is 126 Å². The molecular formula is C16H24ClNO2. The van der Waals surface area contributed by atoms with Crippen LogP contribution in [0.5, 0.6) is 5.75 Å². The van der Waals surface area contributed by atoms with Gasteiger partial charge in [-0.2, -0.15) is 0 Å². The summed E-state index contributed by atoms with van der Waals surface area (Å²) in [6.07, 6.45) is 1.21. The van der Waals surface area contributed by atoms with E-state index >= 15 is 0 Å². The van der Waals surface area contributed by atoms with Crippen molar-refractivity contribution >= 4 is 11.6 Å². The van der Waals surface area contributed by atoms with Crippen LogP contribution in [0.1, 0.15) is 26.3 Å². The first kappa shape index (κ1) is 15.6. The van der Waals surface area contributed by atoms with Crippen molar-refractivity contribution in [2.45, 2.75) is 45.4 Å². The first-order chi connectivity index (χ1) is 9.43. The number of nitrogens with two attached hydrogens (primary N) is 1. The summed E-state index contributed by atoms with van der Waals surface area (Å²) in [6, 6.07) is 5.71. The minimum absolute atomic E-state index is 0.0392. The van der Waals surface area contributed by atoms with Crippen molar-refractivity contribution in [2.75, 3.05) is 7.11 Å². The second-order valence-electron chi connectivity index (χ2n) is 5.81. The molecule has 5 unspecified atom stereocenters. The number of hydrogen-bond donors (Lipinski definition) is 1. The summed E-state index contributed by atoms with van der Waals surface area (Å²) >= 11 is 6.08. The zero-order valence-corrected chi connectivity index (χ0v) is 13.4. The van der Waals surface area contributed by atoms with E-state index in [1.54, 1.807) is 7.11 Å². The van der Waals surface area contributed by atoms with Gasteiger partial charge >= 0.3 is 0 Å². The lowest BCUT2D eigenvalue weighted by Crippen LogP contribution is -2.39. The van der Waals surface area contributed by atoms with Crippen molar-refractivity contribution in [1.29, 1.82) is 0 Å². The Morgan fingerprint density at radius 3 is 2.55 bits per heavy atom. The lowest BCUT2D eigenvalue weighted by atomic mass is 9.81. The predicted molar refractivity (Wildman–Crippen MR) is 82.3 cm³/mol. The van der Waals surface area contributed by atoms with Gasteiger partial charge in [-0.3, -0.25) is 0 Å². The second-order valence-corrected chi connectivity index (χ2v) is 6.24. The minimum atomic E-state index is 0.0392. The van der Waals surface area contributed by atoms with E-state index in [1.165, 1.54) is 0 Å². The van der Waals surface area contributed by atoms with Gasteiger partial charge in [-0.25, -0.2) is 0 Å². The molecule has 1 aliphatic heterocycles. The van der Waals surface area contributed by atoms with Crippen LogP contribution in [0.25, 0.3) is 0 Å². The van der Waals surface area contributed by atoms with Gasteiger partial charge in [-0.1, -0.05) is 18.5 Å². The molecule has 1 fully saturated rings. The molecule has 112 valence electrons. The van der Waals surface area contributed by atoms with Crippen molar-refractivity contribution in [3.05, 3.63) is 28.8 Å². The van der Waals surface area contributed by atoms with Gasteiger partial charge in [0, 0.05) is 17.0 Å². The maximum Gasteiger partial charge on any atom is 0.122 e. The zero-order chi connectivity index (χ0) is 14.9. The van der Waals surface area contributed by atoms with Gasteiger partial charge in [-0.15, -0.1) is 0 Å². The van der Waals surface area contributed by atoms with E-state index in [2.05, 4.69) is 20.8 Å². The van der Waals surface area contributed by atoms with E-state index in [9.17, 15) is 0 Å². The Bertz CT molecular complexity index is 466. The number of halogens is 1. The molecule has 1 aromatic carbocycles. The number of ether oxygens (including phenoxy) is 2. The van der Waals surface area contributed by atoms with Crippen molar-refractivity contribution in [1.82, 2.24) is 0 Å². The van der Waals surface area contributed by atoms with Crippen molar-refractivity contribution in [3.63, 3.8) is 0 Å². The van der Waals surface area contributed by atoms with E-state index in [1.807, 2.05) is 18.2 Å². The fraction of sp³-hybridized carbons (Fsp3) is 0.625. The van der Waals surface area contributed by atoms with Gasteiger partial charge in [0.15, 0.2) is 0 Å². The largest absolute Gasteiger partial charge is 0.496 e. The summed E-state index contributed by atoms with van der Waals surface area (Å²) in [4.78, 5) is 0. The summed E-state index contributed by atoms with van der Waals surface area (Å²) < 4.78 is 11.3. The molecule has 0 saturated carbocycles. The van der Waals surface area contributed by atoms with E-state index in [0.717, 1.165) is 17.7 Å². The maximum atomic E-state index is 6.45. The fourth-order valence-corrected chi connectivity index (χ4v) is 3.52. The lowest BCUT2D eigenvalue weighted by Gasteiger charge is -2.26. The Morgan fingerprint density at radius 1 is 1.30 bits per heavy atom. The van der Waals surface area contributed by atoms with Gasteiger partial charge in [0.2, 0.25) is 0 Å². The van der Waals surface area contributed by atoms with Crippen LogP contribution in [-0.4, -0.2) is 25.4 Å². The molecule has 1 heterocycles. The predicted octanol–water partition coefficient (Wildman–Crippen LogP) is 3.28. The highest BCUT2D eigenvalue weighted by Gasteiger charge is 2.40. The molecule has 20 heavy (non-hydrogen) atoms. The second kappa shape index (κ2) is 6.33. The molecular weight excluding hydrogens is 274 g/mol. The van der Waals surface area contributed by atoms with Crippen LogP contribution in [0, 0.1) is 11.8 Å². The van der Waals surface area contributed by atoms with Crippen LogP contribution in [0.15, 0.2) is 18.2 Å². The van der Waals surface area contributed by atoms with Crippen LogP contribution < -0.4 is 10.5 Å². The van der Waals surface area contributed by atoms with Crippen LogP contribution in [-0.2, 0) is 11.2 Å². The molecule has 1 saturated heterocycles. The smallest absolute Gasteiger partial charge is 0.122 e. The standard InChI is InChI=1S/C16H24ClNO2/c1-9-10(2)20-11(3)16(9)14(18)8-12-7-13(17)5-6-15(12)19-4/h5-7,9-11,14,16H,8,18H2,1-4H3. The summed E-state index contributed by atoms with van der Waals surface area (Å²) in [5.41, 5.74) is 7.51. The van der Waals surface area contributed by atoms with Gasteiger partial charge in [0.05, 0.1) is 19.3 Å². The van der Waals surface area contributed by atoms with Gasteiger partial charge < -0.3 is 15.2 Å². The molecule has 1 aromatic rings. The molecule has 4 heteroatoms. The molecule has 0 bridgehead atoms. The highest BCUT2D eigenvalue weighted by molar-refractivity contribution is 6.30. The first-order valence-electron chi connectivity index (χ1n) is 7.17. The molecule has 0 radical (unpaired) electrons. The van der Waals surface area contributed by atoms with Gasteiger partial charge in [0.1, 0.15) is 5.75 Å². The molecule has 0 aromatic heterocycles. The Hall–Kier alpha value is -0.770. The molecule has 1 aliphatic rings. The third-order valence-corrected chi connectivity index (χ3v) is 4.75. The SMILES string of the molecule is COc1ccc(Cl)cc1CC(N)C1C(C)OC(C)C1C. The third-order valence-electron chi connectivity index (χ3n) is 4.51. The molecule has 5 atom stereocenters. The molecule has 0 amide bonds. The quantitative estimate of drug-likeness (QED) is 0.927. The number of hydrogen-bond acceptors (Lipinski definition) is 3. The highest BCUT2D eigenvalue weighted by atomic mass is 35.5. The van der Waals surface area contributed by atoms with Crippen molar-refractivity contribution in [2.24, 2.45) is 17.6 Å². The number of benzene rings is 1. The van der Waals surface area contributed by atoms with E-state index in [4.69, 9.17) is 26.8 Å². The summed E-state index contributed by atoms with van der Waals surface area (Å²) in [5, 5.41) is 0.713. The first-order valence-corrected chi connectivity index (χ1v) is 7.55. The lowest BCUT2D eigenvalue weighted by molar-refractivity contribution is 0.0490. The molecule has 2 rings (SSSR count). The number of rotatable bonds is 4. The number of methoxy groups -OCH3 is 1. The topological polar surface area (TPSA) is 44.5 Å². The highest BCUT2D eigenvalue weighted by Crippen LogP contribution is 2.35. The molecule has 3 nitrogen and oxygen atoms in total. The van der Waals surface area contributed by atoms with Crippen LogP contribution in [0.2, 0.25) is 5.02 Å². The molecule has 2 N–H and O–H groups in total. The Kier molecular flexibility index (Phi) is 4.95. The third kappa shape index (κ3) is 3.11. The van der Waals surface area contributed by atoms with E-state index < -0.39 is 0 Å².